The van der Waals surface area contributed by atoms with E-state index in [4.69, 9.17) is 12.2 Å². The molecule has 2 N–H and O–H groups in total. The Morgan fingerprint density at radius 3 is 2.68 bits per heavy atom. The van der Waals surface area contributed by atoms with Gasteiger partial charge in [-0.15, -0.1) is 0 Å². The van der Waals surface area contributed by atoms with Gasteiger partial charge < -0.3 is 10.6 Å². The third-order valence-corrected chi connectivity index (χ3v) is 3.55. The zero-order chi connectivity index (χ0) is 13.2. The maximum absolute atomic E-state index is 13.5. The number of nitrogens with one attached hydrogen (secondary N) is 2. The SMILES string of the molecule is Fc1ccc2c(c1)C(c1ccccc1)CNC(=S)N2. The molecule has 0 bridgehead atoms. The summed E-state index contributed by atoms with van der Waals surface area (Å²) in [4.78, 5) is 0. The number of thiocarbonyl (C=S) groups is 1. The van der Waals surface area contributed by atoms with Gasteiger partial charge in [-0.3, -0.25) is 0 Å². The number of halogens is 1. The van der Waals surface area contributed by atoms with Gasteiger partial charge in [0.25, 0.3) is 0 Å². The number of hydrogen-bond donors (Lipinski definition) is 2. The highest BCUT2D eigenvalue weighted by Crippen LogP contribution is 2.32. The first-order chi connectivity index (χ1) is 9.24. The average molecular weight is 272 g/mol. The summed E-state index contributed by atoms with van der Waals surface area (Å²) in [5.41, 5.74) is 2.94. The van der Waals surface area contributed by atoms with Gasteiger partial charge in [0.2, 0.25) is 0 Å². The van der Waals surface area contributed by atoms with Crippen molar-refractivity contribution in [2.24, 2.45) is 0 Å². The van der Waals surface area contributed by atoms with Gasteiger partial charge >= 0.3 is 0 Å². The van der Waals surface area contributed by atoms with Crippen molar-refractivity contribution in [2.75, 3.05) is 11.9 Å². The van der Waals surface area contributed by atoms with Crippen molar-refractivity contribution in [3.05, 3.63) is 65.5 Å². The van der Waals surface area contributed by atoms with E-state index in [9.17, 15) is 4.39 Å². The molecule has 1 atom stereocenters. The van der Waals surface area contributed by atoms with Crippen LogP contribution in [0.25, 0.3) is 0 Å². The second-order valence-electron chi connectivity index (χ2n) is 4.53. The summed E-state index contributed by atoms with van der Waals surface area (Å²) < 4.78 is 13.5. The summed E-state index contributed by atoms with van der Waals surface area (Å²) in [6, 6.07) is 14.8. The van der Waals surface area contributed by atoms with E-state index in [-0.39, 0.29) is 11.7 Å². The van der Waals surface area contributed by atoms with Crippen LogP contribution in [-0.2, 0) is 0 Å². The van der Waals surface area contributed by atoms with Crippen molar-refractivity contribution < 1.29 is 4.39 Å². The molecule has 1 unspecified atom stereocenters. The summed E-state index contributed by atoms with van der Waals surface area (Å²) in [5, 5.41) is 6.84. The van der Waals surface area contributed by atoms with Crippen LogP contribution in [0.15, 0.2) is 48.5 Å². The fraction of sp³-hybridized carbons (Fsp3) is 0.133. The summed E-state index contributed by atoms with van der Waals surface area (Å²) >= 11 is 5.19. The van der Waals surface area contributed by atoms with E-state index in [1.165, 1.54) is 6.07 Å². The van der Waals surface area contributed by atoms with Gasteiger partial charge in [-0.2, -0.15) is 0 Å². The fourth-order valence-electron chi connectivity index (χ4n) is 2.39. The fourth-order valence-corrected chi connectivity index (χ4v) is 2.58. The van der Waals surface area contributed by atoms with Crippen molar-refractivity contribution in [2.45, 2.75) is 5.92 Å². The summed E-state index contributed by atoms with van der Waals surface area (Å²) in [6.45, 7) is 0.659. The lowest BCUT2D eigenvalue weighted by Crippen LogP contribution is -2.28. The molecule has 1 aliphatic rings. The van der Waals surface area contributed by atoms with Crippen molar-refractivity contribution in [1.82, 2.24) is 5.32 Å². The quantitative estimate of drug-likeness (QED) is 0.779. The zero-order valence-electron chi connectivity index (χ0n) is 10.2. The molecular weight excluding hydrogens is 259 g/mol. The van der Waals surface area contributed by atoms with Crippen molar-refractivity contribution in [3.63, 3.8) is 0 Å². The molecule has 0 fully saturated rings. The van der Waals surface area contributed by atoms with Gasteiger partial charge in [0, 0.05) is 18.2 Å². The average Bonchev–Trinajstić information content (AvgIpc) is 2.58. The van der Waals surface area contributed by atoms with Gasteiger partial charge in [0.15, 0.2) is 5.11 Å². The minimum Gasteiger partial charge on any atom is -0.361 e. The van der Waals surface area contributed by atoms with E-state index in [1.807, 2.05) is 18.2 Å². The maximum Gasteiger partial charge on any atom is 0.170 e. The van der Waals surface area contributed by atoms with Crippen LogP contribution in [0, 0.1) is 5.82 Å². The third kappa shape index (κ3) is 2.44. The molecule has 1 heterocycles. The first kappa shape index (κ1) is 12.1. The first-order valence-electron chi connectivity index (χ1n) is 6.13. The van der Waals surface area contributed by atoms with Crippen LogP contribution >= 0.6 is 12.2 Å². The van der Waals surface area contributed by atoms with Crippen molar-refractivity contribution in [1.29, 1.82) is 0 Å². The molecule has 2 nitrogen and oxygen atoms in total. The molecular formula is C15H13FN2S. The first-order valence-corrected chi connectivity index (χ1v) is 6.54. The highest BCUT2D eigenvalue weighted by atomic mass is 32.1. The number of rotatable bonds is 1. The Labute approximate surface area is 116 Å². The van der Waals surface area contributed by atoms with Crippen LogP contribution in [-0.4, -0.2) is 11.7 Å². The summed E-state index contributed by atoms with van der Waals surface area (Å²) in [6.07, 6.45) is 0. The molecule has 0 saturated heterocycles. The van der Waals surface area contributed by atoms with Gasteiger partial charge in [0.1, 0.15) is 5.82 Å². The Balaban J connectivity index is 2.11. The van der Waals surface area contributed by atoms with Crippen LogP contribution < -0.4 is 10.6 Å². The molecule has 19 heavy (non-hydrogen) atoms. The van der Waals surface area contributed by atoms with E-state index in [2.05, 4.69) is 22.8 Å². The number of fused-ring (bicyclic) bond motifs is 1. The van der Waals surface area contributed by atoms with E-state index in [1.54, 1.807) is 12.1 Å². The number of hydrogen-bond acceptors (Lipinski definition) is 1. The second kappa shape index (κ2) is 4.97. The maximum atomic E-state index is 13.5. The minimum absolute atomic E-state index is 0.0832. The standard InChI is InChI=1S/C15H13FN2S/c16-11-6-7-14-12(8-11)13(9-17-15(19)18-14)10-4-2-1-3-5-10/h1-8,13H,9H2,(H2,17,18,19). The topological polar surface area (TPSA) is 24.1 Å². The largest absolute Gasteiger partial charge is 0.361 e. The highest BCUT2D eigenvalue weighted by molar-refractivity contribution is 7.80. The Morgan fingerprint density at radius 1 is 1.11 bits per heavy atom. The molecule has 0 spiro atoms. The molecule has 96 valence electrons. The van der Waals surface area contributed by atoms with Crippen molar-refractivity contribution >= 4 is 23.0 Å². The normalized spacial score (nSPS) is 17.9. The smallest absolute Gasteiger partial charge is 0.170 e. The second-order valence-corrected chi connectivity index (χ2v) is 4.94. The Hall–Kier alpha value is -1.94. The lowest BCUT2D eigenvalue weighted by atomic mass is 9.90. The molecule has 0 aromatic heterocycles. The predicted octanol–water partition coefficient (Wildman–Crippen LogP) is 3.26. The Kier molecular flexibility index (Phi) is 3.17. The van der Waals surface area contributed by atoms with Crippen LogP contribution in [0.2, 0.25) is 0 Å². The molecule has 0 radical (unpaired) electrons. The molecule has 1 aliphatic heterocycles. The van der Waals surface area contributed by atoms with Gasteiger partial charge in [0.05, 0.1) is 0 Å². The Morgan fingerprint density at radius 2 is 1.89 bits per heavy atom. The van der Waals surface area contributed by atoms with Crippen LogP contribution in [0.1, 0.15) is 17.0 Å². The van der Waals surface area contributed by atoms with E-state index in [0.717, 1.165) is 16.8 Å². The van der Waals surface area contributed by atoms with Gasteiger partial charge in [-0.1, -0.05) is 30.3 Å². The van der Waals surface area contributed by atoms with E-state index >= 15 is 0 Å². The molecule has 0 amide bonds. The van der Waals surface area contributed by atoms with E-state index in [0.29, 0.717) is 11.7 Å². The lowest BCUT2D eigenvalue weighted by molar-refractivity contribution is 0.623. The molecule has 2 aromatic rings. The lowest BCUT2D eigenvalue weighted by Gasteiger charge is -2.17. The summed E-state index contributed by atoms with van der Waals surface area (Å²) in [7, 11) is 0. The molecule has 4 heteroatoms. The third-order valence-electron chi connectivity index (χ3n) is 3.31. The van der Waals surface area contributed by atoms with Gasteiger partial charge in [-0.25, -0.2) is 4.39 Å². The molecule has 0 aliphatic carbocycles. The summed E-state index contributed by atoms with van der Waals surface area (Å²) in [5.74, 6) is -0.144. The van der Waals surface area contributed by atoms with E-state index < -0.39 is 0 Å². The number of anilines is 1. The Bertz CT molecular complexity index is 613. The van der Waals surface area contributed by atoms with Gasteiger partial charge in [-0.05, 0) is 41.5 Å². The van der Waals surface area contributed by atoms with Crippen LogP contribution in [0.4, 0.5) is 10.1 Å². The molecule has 2 aromatic carbocycles. The van der Waals surface area contributed by atoms with Crippen molar-refractivity contribution in [3.8, 4) is 0 Å². The zero-order valence-corrected chi connectivity index (χ0v) is 11.0. The minimum atomic E-state index is -0.228. The molecule has 0 saturated carbocycles. The van der Waals surface area contributed by atoms with Crippen LogP contribution in [0.5, 0.6) is 0 Å². The molecule has 3 rings (SSSR count). The highest BCUT2D eigenvalue weighted by Gasteiger charge is 2.22. The predicted molar refractivity (Wildman–Crippen MR) is 78.9 cm³/mol. The monoisotopic (exact) mass is 272 g/mol. The van der Waals surface area contributed by atoms with Crippen LogP contribution in [0.3, 0.4) is 0 Å². The number of benzene rings is 2.